The predicted molar refractivity (Wildman–Crippen MR) is 112 cm³/mol. The Kier molecular flexibility index (Phi) is 5.08. The molecule has 0 aromatic heterocycles. The molecule has 3 aliphatic rings. The molecule has 1 spiro atoms. The summed E-state index contributed by atoms with van der Waals surface area (Å²) in [5.74, 6) is 3.27. The SMILES string of the molecule is COCCOCCOc1cccc2c1C1(COc3cc4c(cc31)OCCO4)CN2C. The summed E-state index contributed by atoms with van der Waals surface area (Å²) in [5.41, 5.74) is 3.16. The molecule has 30 heavy (non-hydrogen) atoms. The van der Waals surface area contributed by atoms with Crippen LogP contribution < -0.4 is 23.8 Å². The van der Waals surface area contributed by atoms with E-state index < -0.39 is 0 Å². The maximum absolute atomic E-state index is 6.19. The monoisotopic (exact) mass is 413 g/mol. The van der Waals surface area contributed by atoms with Crippen molar-refractivity contribution in [2.24, 2.45) is 0 Å². The Morgan fingerprint density at radius 2 is 1.77 bits per heavy atom. The highest BCUT2D eigenvalue weighted by Crippen LogP contribution is 2.56. The molecule has 0 saturated heterocycles. The molecular formula is C23H27NO6. The van der Waals surface area contributed by atoms with Crippen molar-refractivity contribution >= 4 is 5.69 Å². The number of methoxy groups -OCH3 is 1. The van der Waals surface area contributed by atoms with Crippen LogP contribution >= 0.6 is 0 Å². The molecule has 5 rings (SSSR count). The van der Waals surface area contributed by atoms with E-state index in [0.717, 1.165) is 35.1 Å². The zero-order chi connectivity index (χ0) is 20.6. The van der Waals surface area contributed by atoms with Crippen LogP contribution in [0.1, 0.15) is 11.1 Å². The Labute approximate surface area is 176 Å². The summed E-state index contributed by atoms with van der Waals surface area (Å²) in [5, 5.41) is 0. The van der Waals surface area contributed by atoms with Gasteiger partial charge < -0.3 is 33.3 Å². The second-order valence-corrected chi connectivity index (χ2v) is 7.82. The molecule has 3 heterocycles. The molecule has 7 heteroatoms. The lowest BCUT2D eigenvalue weighted by Crippen LogP contribution is -2.35. The summed E-state index contributed by atoms with van der Waals surface area (Å²) >= 11 is 0. The molecule has 0 saturated carbocycles. The number of rotatable bonds is 7. The highest BCUT2D eigenvalue weighted by Gasteiger charge is 2.51. The number of nitrogens with zero attached hydrogens (tertiary/aromatic N) is 1. The van der Waals surface area contributed by atoms with Gasteiger partial charge in [-0.1, -0.05) is 6.07 Å². The fraction of sp³-hybridized carbons (Fsp3) is 0.478. The van der Waals surface area contributed by atoms with Crippen LogP contribution in [-0.2, 0) is 14.9 Å². The van der Waals surface area contributed by atoms with E-state index >= 15 is 0 Å². The van der Waals surface area contributed by atoms with Gasteiger partial charge in [-0.3, -0.25) is 0 Å². The first-order valence-corrected chi connectivity index (χ1v) is 10.3. The van der Waals surface area contributed by atoms with E-state index in [4.69, 9.17) is 28.4 Å². The van der Waals surface area contributed by atoms with Gasteiger partial charge in [0.1, 0.15) is 37.9 Å². The molecule has 1 unspecified atom stereocenters. The molecule has 0 radical (unpaired) electrons. The standard InChI is InChI=1S/C23H27NO6/c1-24-14-23(15-30-19-13-21-20(12-16(19)23)28-10-11-29-21)22-17(24)4-3-5-18(22)27-9-8-26-7-6-25-2/h3-5,12-13H,6-11,14-15H2,1-2H3. The van der Waals surface area contributed by atoms with E-state index in [-0.39, 0.29) is 5.41 Å². The van der Waals surface area contributed by atoms with Crippen LogP contribution in [0.4, 0.5) is 5.69 Å². The number of anilines is 1. The molecule has 160 valence electrons. The number of likely N-dealkylation sites (N-methyl/N-ethyl adjacent to an activating group) is 1. The normalized spacial score (nSPS) is 20.8. The Hall–Kier alpha value is -2.64. The van der Waals surface area contributed by atoms with Crippen molar-refractivity contribution in [3.8, 4) is 23.0 Å². The molecule has 1 atom stereocenters. The van der Waals surface area contributed by atoms with Crippen molar-refractivity contribution < 1.29 is 28.4 Å². The summed E-state index contributed by atoms with van der Waals surface area (Å²) in [6.45, 7) is 4.65. The van der Waals surface area contributed by atoms with E-state index in [9.17, 15) is 0 Å². The van der Waals surface area contributed by atoms with Crippen molar-refractivity contribution in [2.45, 2.75) is 5.41 Å². The lowest BCUT2D eigenvalue weighted by Gasteiger charge is -2.26. The van der Waals surface area contributed by atoms with Crippen LogP contribution in [0.3, 0.4) is 0 Å². The van der Waals surface area contributed by atoms with Crippen molar-refractivity contribution in [3.63, 3.8) is 0 Å². The minimum atomic E-state index is -0.303. The fourth-order valence-corrected chi connectivity index (χ4v) is 4.64. The van der Waals surface area contributed by atoms with Gasteiger partial charge in [0.25, 0.3) is 0 Å². The minimum absolute atomic E-state index is 0.303. The maximum Gasteiger partial charge on any atom is 0.165 e. The molecule has 2 aromatic rings. The third-order valence-corrected chi connectivity index (χ3v) is 5.95. The molecule has 0 fully saturated rings. The van der Waals surface area contributed by atoms with Crippen molar-refractivity contribution in [3.05, 3.63) is 41.5 Å². The average molecular weight is 413 g/mol. The largest absolute Gasteiger partial charge is 0.492 e. The molecule has 0 N–H and O–H groups in total. The second-order valence-electron chi connectivity index (χ2n) is 7.82. The smallest absolute Gasteiger partial charge is 0.165 e. The first-order valence-electron chi connectivity index (χ1n) is 10.3. The van der Waals surface area contributed by atoms with E-state index in [2.05, 4.69) is 24.1 Å². The molecular weight excluding hydrogens is 386 g/mol. The quantitative estimate of drug-likeness (QED) is 0.647. The lowest BCUT2D eigenvalue weighted by molar-refractivity contribution is 0.0541. The van der Waals surface area contributed by atoms with Gasteiger partial charge in [0, 0.05) is 43.6 Å². The van der Waals surface area contributed by atoms with Gasteiger partial charge >= 0.3 is 0 Å². The second kappa shape index (κ2) is 7.89. The number of benzene rings is 2. The third-order valence-electron chi connectivity index (χ3n) is 5.95. The molecule has 0 amide bonds. The summed E-state index contributed by atoms with van der Waals surface area (Å²) in [6.07, 6.45) is 0. The van der Waals surface area contributed by atoms with Gasteiger partial charge in [-0.2, -0.15) is 0 Å². The van der Waals surface area contributed by atoms with Crippen LogP contribution in [0.15, 0.2) is 30.3 Å². The van der Waals surface area contributed by atoms with E-state index in [1.807, 2.05) is 18.2 Å². The summed E-state index contributed by atoms with van der Waals surface area (Å²) in [4.78, 5) is 2.27. The predicted octanol–water partition coefficient (Wildman–Crippen LogP) is 2.63. The maximum atomic E-state index is 6.19. The molecule has 0 bridgehead atoms. The summed E-state index contributed by atoms with van der Waals surface area (Å²) < 4.78 is 34.5. The van der Waals surface area contributed by atoms with Gasteiger partial charge in [0.15, 0.2) is 11.5 Å². The van der Waals surface area contributed by atoms with Crippen molar-refractivity contribution in [1.29, 1.82) is 0 Å². The number of fused-ring (bicyclic) bond motifs is 5. The number of hydrogen-bond acceptors (Lipinski definition) is 7. The Morgan fingerprint density at radius 1 is 0.967 bits per heavy atom. The van der Waals surface area contributed by atoms with Gasteiger partial charge in [0.2, 0.25) is 0 Å². The number of hydrogen-bond donors (Lipinski definition) is 0. The zero-order valence-corrected chi connectivity index (χ0v) is 17.4. The first-order chi connectivity index (χ1) is 14.7. The Bertz CT molecular complexity index is 932. The molecule has 2 aromatic carbocycles. The van der Waals surface area contributed by atoms with Gasteiger partial charge in [-0.15, -0.1) is 0 Å². The van der Waals surface area contributed by atoms with E-state index in [0.29, 0.717) is 46.2 Å². The third kappa shape index (κ3) is 3.13. The molecule has 3 aliphatic heterocycles. The van der Waals surface area contributed by atoms with Gasteiger partial charge in [0.05, 0.1) is 25.2 Å². The highest BCUT2D eigenvalue weighted by atomic mass is 16.6. The topological polar surface area (TPSA) is 58.6 Å². The first kappa shape index (κ1) is 19.3. The van der Waals surface area contributed by atoms with E-state index in [1.54, 1.807) is 7.11 Å². The number of ether oxygens (including phenoxy) is 6. The van der Waals surface area contributed by atoms with Crippen molar-refractivity contribution in [2.75, 3.05) is 71.9 Å². The Morgan fingerprint density at radius 3 is 2.60 bits per heavy atom. The summed E-state index contributed by atoms with van der Waals surface area (Å²) in [7, 11) is 3.78. The molecule has 7 nitrogen and oxygen atoms in total. The minimum Gasteiger partial charge on any atom is -0.492 e. The fourth-order valence-electron chi connectivity index (χ4n) is 4.64. The van der Waals surface area contributed by atoms with Crippen molar-refractivity contribution in [1.82, 2.24) is 0 Å². The van der Waals surface area contributed by atoms with Crippen LogP contribution in [0, 0.1) is 0 Å². The van der Waals surface area contributed by atoms with Crippen LogP contribution in [-0.4, -0.2) is 67.0 Å². The van der Waals surface area contributed by atoms with Crippen LogP contribution in [0.5, 0.6) is 23.0 Å². The average Bonchev–Trinajstić information content (AvgIpc) is 3.27. The van der Waals surface area contributed by atoms with E-state index in [1.165, 1.54) is 11.3 Å². The highest BCUT2D eigenvalue weighted by molar-refractivity contribution is 5.74. The zero-order valence-electron chi connectivity index (χ0n) is 17.4. The van der Waals surface area contributed by atoms with Crippen LogP contribution in [0.25, 0.3) is 0 Å². The molecule has 0 aliphatic carbocycles. The van der Waals surface area contributed by atoms with Gasteiger partial charge in [-0.25, -0.2) is 0 Å². The Balaban J connectivity index is 1.46. The lowest BCUT2D eigenvalue weighted by atomic mass is 9.77. The summed E-state index contributed by atoms with van der Waals surface area (Å²) in [6, 6.07) is 10.3. The van der Waals surface area contributed by atoms with Gasteiger partial charge in [-0.05, 0) is 18.2 Å². The van der Waals surface area contributed by atoms with Crippen LogP contribution in [0.2, 0.25) is 0 Å².